The Bertz CT molecular complexity index is 1470. The number of aromatic nitrogens is 3. The number of fused-ring (bicyclic) bond motifs is 2. The van der Waals surface area contributed by atoms with Gasteiger partial charge in [0, 0.05) is 22.8 Å². The summed E-state index contributed by atoms with van der Waals surface area (Å²) in [6.07, 6.45) is 1.79. The number of H-pyrrole nitrogens is 1. The average Bonchev–Trinajstić information content (AvgIpc) is 3.48. The molecule has 0 saturated heterocycles. The number of methoxy groups -OCH3 is 3. The van der Waals surface area contributed by atoms with Crippen LogP contribution in [0.4, 0.5) is 5.69 Å². The lowest BCUT2D eigenvalue weighted by Gasteiger charge is -2.11. The van der Waals surface area contributed by atoms with E-state index in [4.69, 9.17) is 14.2 Å². The average molecular weight is 442 g/mol. The van der Waals surface area contributed by atoms with Gasteiger partial charge in [-0.05, 0) is 42.5 Å². The lowest BCUT2D eigenvalue weighted by molar-refractivity contribution is 0.102. The Morgan fingerprint density at radius 1 is 0.939 bits per heavy atom. The van der Waals surface area contributed by atoms with Crippen LogP contribution in [0.1, 0.15) is 10.5 Å². The van der Waals surface area contributed by atoms with Crippen molar-refractivity contribution in [2.24, 2.45) is 0 Å². The second-order valence-electron chi connectivity index (χ2n) is 7.39. The van der Waals surface area contributed by atoms with E-state index in [1.54, 1.807) is 39.8 Å². The van der Waals surface area contributed by atoms with Gasteiger partial charge in [0.15, 0.2) is 11.5 Å². The molecule has 0 aliphatic heterocycles. The van der Waals surface area contributed by atoms with Crippen molar-refractivity contribution in [1.29, 1.82) is 0 Å². The first-order valence-electron chi connectivity index (χ1n) is 10.3. The molecule has 0 unspecified atom stereocenters. The van der Waals surface area contributed by atoms with Gasteiger partial charge >= 0.3 is 0 Å². The second-order valence-corrected chi connectivity index (χ2v) is 7.39. The number of amides is 1. The third-order valence-electron chi connectivity index (χ3n) is 5.54. The van der Waals surface area contributed by atoms with E-state index in [1.807, 2.05) is 53.1 Å². The number of hydrogen-bond acceptors (Lipinski definition) is 5. The second kappa shape index (κ2) is 8.23. The van der Waals surface area contributed by atoms with Crippen molar-refractivity contribution in [2.75, 3.05) is 26.6 Å². The molecule has 1 amide bonds. The number of carbonyl (C=O) groups is 1. The normalized spacial score (nSPS) is 11.0. The maximum absolute atomic E-state index is 13.0. The van der Waals surface area contributed by atoms with Crippen molar-refractivity contribution in [3.63, 3.8) is 0 Å². The molecule has 166 valence electrons. The van der Waals surface area contributed by atoms with E-state index in [0.717, 1.165) is 22.1 Å². The molecule has 2 N–H and O–H groups in total. The monoisotopic (exact) mass is 442 g/mol. The minimum atomic E-state index is -0.282. The third-order valence-corrected chi connectivity index (χ3v) is 5.54. The molecule has 8 nitrogen and oxygen atoms in total. The van der Waals surface area contributed by atoms with Crippen LogP contribution >= 0.6 is 0 Å². The van der Waals surface area contributed by atoms with Crippen LogP contribution in [0.3, 0.4) is 0 Å². The maximum Gasteiger partial charge on any atom is 0.272 e. The molecule has 0 aliphatic carbocycles. The van der Waals surface area contributed by atoms with E-state index < -0.39 is 0 Å². The van der Waals surface area contributed by atoms with Gasteiger partial charge in [0.25, 0.3) is 5.91 Å². The first-order chi connectivity index (χ1) is 16.1. The fraction of sp³-hybridized carbons (Fsp3) is 0.120. The summed E-state index contributed by atoms with van der Waals surface area (Å²) in [4.78, 5) is 20.5. The van der Waals surface area contributed by atoms with Crippen LogP contribution in [0.15, 0.2) is 67.0 Å². The molecule has 0 atom stereocenters. The minimum Gasteiger partial charge on any atom is -0.496 e. The highest BCUT2D eigenvalue weighted by molar-refractivity contribution is 6.08. The number of imidazole rings is 1. The van der Waals surface area contributed by atoms with Crippen molar-refractivity contribution < 1.29 is 19.0 Å². The van der Waals surface area contributed by atoms with Crippen molar-refractivity contribution in [1.82, 2.24) is 14.5 Å². The van der Waals surface area contributed by atoms with Crippen LogP contribution in [-0.4, -0.2) is 41.8 Å². The van der Waals surface area contributed by atoms with Gasteiger partial charge in [-0.25, -0.2) is 4.98 Å². The Hall–Kier alpha value is -4.46. The summed E-state index contributed by atoms with van der Waals surface area (Å²) in [5, 5.41) is 3.65. The molecule has 0 saturated carbocycles. The van der Waals surface area contributed by atoms with E-state index >= 15 is 0 Å². The highest BCUT2D eigenvalue weighted by Gasteiger charge is 2.19. The summed E-state index contributed by atoms with van der Waals surface area (Å²) in [5.41, 5.74) is 4.57. The summed E-state index contributed by atoms with van der Waals surface area (Å²) in [7, 11) is 4.67. The number of nitrogens with one attached hydrogen (secondary N) is 2. The quantitative estimate of drug-likeness (QED) is 0.395. The van der Waals surface area contributed by atoms with Crippen LogP contribution in [0.25, 0.3) is 27.6 Å². The zero-order valence-corrected chi connectivity index (χ0v) is 18.4. The van der Waals surface area contributed by atoms with Gasteiger partial charge in [-0.3, -0.25) is 9.36 Å². The number of benzene rings is 3. The molecule has 2 aromatic heterocycles. The number of rotatable bonds is 6. The van der Waals surface area contributed by atoms with Crippen LogP contribution in [-0.2, 0) is 0 Å². The predicted molar refractivity (Wildman–Crippen MR) is 127 cm³/mol. The highest BCUT2D eigenvalue weighted by Crippen LogP contribution is 2.41. The number of aromatic amines is 1. The number of nitrogens with zero attached hydrogens (tertiary/aromatic N) is 2. The van der Waals surface area contributed by atoms with Gasteiger partial charge in [0.2, 0.25) is 0 Å². The molecule has 0 fully saturated rings. The van der Waals surface area contributed by atoms with Crippen molar-refractivity contribution in [3.05, 3.63) is 72.7 Å². The zero-order chi connectivity index (χ0) is 22.9. The smallest absolute Gasteiger partial charge is 0.272 e. The lowest BCUT2D eigenvalue weighted by Crippen LogP contribution is -2.12. The number of hydrogen-bond donors (Lipinski definition) is 2. The van der Waals surface area contributed by atoms with Gasteiger partial charge in [0.05, 0.1) is 37.9 Å². The summed E-state index contributed by atoms with van der Waals surface area (Å²) in [5.74, 6) is 1.31. The lowest BCUT2D eigenvalue weighted by atomic mass is 10.2. The molecule has 0 radical (unpaired) electrons. The van der Waals surface area contributed by atoms with Gasteiger partial charge < -0.3 is 24.5 Å². The Balaban J connectivity index is 1.42. The number of anilines is 1. The van der Waals surface area contributed by atoms with Crippen molar-refractivity contribution in [3.8, 4) is 22.9 Å². The molecular weight excluding hydrogens is 420 g/mol. The van der Waals surface area contributed by atoms with Crippen LogP contribution < -0.4 is 19.5 Å². The highest BCUT2D eigenvalue weighted by atomic mass is 16.5. The van der Waals surface area contributed by atoms with Gasteiger partial charge in [0.1, 0.15) is 17.8 Å². The number of carbonyl (C=O) groups excluding carboxylic acids is 1. The van der Waals surface area contributed by atoms with E-state index in [9.17, 15) is 4.79 Å². The van der Waals surface area contributed by atoms with Crippen LogP contribution in [0.5, 0.6) is 17.2 Å². The van der Waals surface area contributed by atoms with Crippen LogP contribution in [0, 0.1) is 0 Å². The topological polar surface area (TPSA) is 90.4 Å². The van der Waals surface area contributed by atoms with Gasteiger partial charge in [-0.1, -0.05) is 12.1 Å². The van der Waals surface area contributed by atoms with Gasteiger partial charge in [-0.15, -0.1) is 0 Å². The summed E-state index contributed by atoms with van der Waals surface area (Å²) in [6, 6.07) is 19.0. The number of para-hydroxylation sites is 2. The third kappa shape index (κ3) is 3.51. The van der Waals surface area contributed by atoms with Crippen LogP contribution in [0.2, 0.25) is 0 Å². The SMILES string of the molecule is COc1cc(OC)c2cc(C(=O)Nc3ccc(-n4cnc5ccccc54)cc3)[nH]c2c1OC. The van der Waals surface area contributed by atoms with E-state index in [1.165, 1.54) is 0 Å². The molecular formula is C25H22N4O4. The molecule has 5 rings (SSSR count). The predicted octanol–water partition coefficient (Wildman–Crippen LogP) is 4.78. The summed E-state index contributed by atoms with van der Waals surface area (Å²) < 4.78 is 18.3. The molecule has 3 aromatic carbocycles. The molecule has 5 aromatic rings. The summed E-state index contributed by atoms with van der Waals surface area (Å²) >= 11 is 0. The molecule has 0 spiro atoms. The fourth-order valence-corrected chi connectivity index (χ4v) is 3.93. The molecule has 0 bridgehead atoms. The molecule has 33 heavy (non-hydrogen) atoms. The largest absolute Gasteiger partial charge is 0.496 e. The Labute approximate surface area is 189 Å². The van der Waals surface area contributed by atoms with E-state index in [0.29, 0.717) is 34.1 Å². The van der Waals surface area contributed by atoms with E-state index in [2.05, 4.69) is 15.3 Å². The van der Waals surface area contributed by atoms with E-state index in [-0.39, 0.29) is 5.91 Å². The zero-order valence-electron chi connectivity index (χ0n) is 18.4. The minimum absolute atomic E-state index is 0.282. The Morgan fingerprint density at radius 2 is 1.70 bits per heavy atom. The Kier molecular flexibility index (Phi) is 5.10. The standard InChI is InChI=1S/C25H22N4O4/c1-31-21-13-22(32-2)24(33-3)23-17(21)12-19(28-23)25(30)27-15-8-10-16(11-9-15)29-14-26-18-6-4-5-7-20(18)29/h4-14,28H,1-3H3,(H,27,30). The molecule has 2 heterocycles. The maximum atomic E-state index is 13.0. The molecule has 0 aliphatic rings. The first kappa shape index (κ1) is 20.4. The fourth-order valence-electron chi connectivity index (χ4n) is 3.93. The molecule has 8 heteroatoms. The first-order valence-corrected chi connectivity index (χ1v) is 10.3. The Morgan fingerprint density at radius 3 is 2.42 bits per heavy atom. The number of ether oxygens (including phenoxy) is 3. The van der Waals surface area contributed by atoms with Gasteiger partial charge in [-0.2, -0.15) is 0 Å². The van der Waals surface area contributed by atoms with Crippen molar-refractivity contribution >= 4 is 33.5 Å². The summed E-state index contributed by atoms with van der Waals surface area (Å²) in [6.45, 7) is 0. The van der Waals surface area contributed by atoms with Crippen molar-refractivity contribution in [2.45, 2.75) is 0 Å².